The van der Waals surface area contributed by atoms with E-state index in [2.05, 4.69) is 5.32 Å². The first kappa shape index (κ1) is 17.2. The quantitative estimate of drug-likeness (QED) is 0.621. The lowest BCUT2D eigenvalue weighted by atomic mass is 10.1. The number of imide groups is 1. The molecular weight excluding hydrogens is 292 g/mol. The number of anilines is 1. The zero-order valence-corrected chi connectivity index (χ0v) is 13.9. The first-order valence-electron chi connectivity index (χ1n) is 8.17. The molecule has 0 aromatic heterocycles. The number of carbonyl (C=O) groups is 3. The Bertz CT molecular complexity index is 594. The molecular formula is C18H24N2O3. The maximum Gasteiger partial charge on any atom is 0.229 e. The minimum Gasteiger partial charge on any atom is -0.326 e. The monoisotopic (exact) mass is 316 g/mol. The molecule has 0 unspecified atom stereocenters. The summed E-state index contributed by atoms with van der Waals surface area (Å²) in [5.41, 5.74) is 3.03. The molecule has 0 aliphatic carbocycles. The third kappa shape index (κ3) is 4.91. The molecule has 0 spiro atoms. The largest absolute Gasteiger partial charge is 0.326 e. The predicted molar refractivity (Wildman–Crippen MR) is 89.0 cm³/mol. The van der Waals surface area contributed by atoms with E-state index < -0.39 is 0 Å². The van der Waals surface area contributed by atoms with Crippen molar-refractivity contribution in [2.24, 2.45) is 0 Å². The summed E-state index contributed by atoms with van der Waals surface area (Å²) < 4.78 is 0. The second kappa shape index (κ2) is 7.90. The van der Waals surface area contributed by atoms with Crippen molar-refractivity contribution in [2.75, 3.05) is 11.9 Å². The summed E-state index contributed by atoms with van der Waals surface area (Å²) in [6, 6.07) is 5.98. The van der Waals surface area contributed by atoms with Crippen molar-refractivity contribution >= 4 is 23.4 Å². The van der Waals surface area contributed by atoms with Crippen molar-refractivity contribution in [1.82, 2.24) is 4.90 Å². The lowest BCUT2D eigenvalue weighted by molar-refractivity contribution is -0.138. The van der Waals surface area contributed by atoms with Gasteiger partial charge in [0.15, 0.2) is 0 Å². The fourth-order valence-corrected chi connectivity index (χ4v) is 2.69. The van der Waals surface area contributed by atoms with Gasteiger partial charge in [-0.05, 0) is 43.9 Å². The van der Waals surface area contributed by atoms with E-state index in [1.165, 1.54) is 4.90 Å². The number of carbonyl (C=O) groups excluding carboxylic acids is 3. The molecule has 0 bridgehead atoms. The first-order valence-corrected chi connectivity index (χ1v) is 8.17. The Morgan fingerprint density at radius 1 is 1.09 bits per heavy atom. The van der Waals surface area contributed by atoms with Crippen LogP contribution in [-0.2, 0) is 14.4 Å². The molecule has 1 saturated heterocycles. The Kier molecular flexibility index (Phi) is 5.90. The minimum atomic E-state index is -0.0670. The zero-order chi connectivity index (χ0) is 16.8. The number of hydrogen-bond acceptors (Lipinski definition) is 3. The Morgan fingerprint density at radius 2 is 1.78 bits per heavy atom. The Morgan fingerprint density at radius 3 is 2.48 bits per heavy atom. The molecule has 23 heavy (non-hydrogen) atoms. The highest BCUT2D eigenvalue weighted by atomic mass is 16.2. The van der Waals surface area contributed by atoms with Crippen molar-refractivity contribution in [3.8, 4) is 0 Å². The molecule has 2 rings (SSSR count). The van der Waals surface area contributed by atoms with Gasteiger partial charge in [0.1, 0.15) is 0 Å². The normalized spacial score (nSPS) is 14.4. The van der Waals surface area contributed by atoms with Crippen LogP contribution in [0.15, 0.2) is 18.2 Å². The van der Waals surface area contributed by atoms with Gasteiger partial charge >= 0.3 is 0 Å². The zero-order valence-electron chi connectivity index (χ0n) is 13.9. The van der Waals surface area contributed by atoms with Crippen LogP contribution in [0.1, 0.15) is 49.7 Å². The Balaban J connectivity index is 1.66. The fraction of sp³-hybridized carbons (Fsp3) is 0.500. The van der Waals surface area contributed by atoms with E-state index in [1.54, 1.807) is 0 Å². The van der Waals surface area contributed by atoms with E-state index in [0.717, 1.165) is 36.1 Å². The van der Waals surface area contributed by atoms with Gasteiger partial charge in [-0.25, -0.2) is 0 Å². The van der Waals surface area contributed by atoms with Crippen molar-refractivity contribution in [3.63, 3.8) is 0 Å². The average molecular weight is 316 g/mol. The second-order valence-corrected chi connectivity index (χ2v) is 6.12. The van der Waals surface area contributed by atoms with Crippen molar-refractivity contribution < 1.29 is 14.4 Å². The Labute approximate surface area is 137 Å². The topological polar surface area (TPSA) is 66.5 Å². The van der Waals surface area contributed by atoms with E-state index in [-0.39, 0.29) is 17.7 Å². The van der Waals surface area contributed by atoms with Gasteiger partial charge in [0, 0.05) is 31.5 Å². The lowest BCUT2D eigenvalue weighted by Crippen LogP contribution is -2.29. The highest BCUT2D eigenvalue weighted by molar-refractivity contribution is 6.01. The summed E-state index contributed by atoms with van der Waals surface area (Å²) >= 11 is 0. The van der Waals surface area contributed by atoms with Crippen molar-refractivity contribution in [2.45, 2.75) is 52.4 Å². The molecule has 3 amide bonds. The summed E-state index contributed by atoms with van der Waals surface area (Å²) in [6.07, 6.45) is 3.49. The highest BCUT2D eigenvalue weighted by Crippen LogP contribution is 2.17. The van der Waals surface area contributed by atoms with Crippen LogP contribution >= 0.6 is 0 Å². The summed E-state index contributed by atoms with van der Waals surface area (Å²) in [6.45, 7) is 4.45. The van der Waals surface area contributed by atoms with Crippen LogP contribution in [0.25, 0.3) is 0 Å². The number of amides is 3. The number of hydrogen-bond donors (Lipinski definition) is 1. The molecule has 5 nitrogen and oxygen atoms in total. The van der Waals surface area contributed by atoms with Gasteiger partial charge in [0.05, 0.1) is 0 Å². The number of likely N-dealkylation sites (tertiary alicyclic amines) is 1. The summed E-state index contributed by atoms with van der Waals surface area (Å²) in [5, 5.41) is 2.94. The van der Waals surface area contributed by atoms with Gasteiger partial charge in [-0.2, -0.15) is 0 Å². The molecule has 1 heterocycles. The summed E-state index contributed by atoms with van der Waals surface area (Å²) in [7, 11) is 0. The number of nitrogens with one attached hydrogen (secondary N) is 1. The molecule has 1 N–H and O–H groups in total. The van der Waals surface area contributed by atoms with Gasteiger partial charge in [-0.1, -0.05) is 18.6 Å². The van der Waals surface area contributed by atoms with Crippen LogP contribution in [0.3, 0.4) is 0 Å². The standard InChI is InChI=1S/C18H24N2O3/c1-13-7-8-14(2)15(12-13)19-16(21)6-4-3-5-11-20-17(22)9-10-18(20)23/h7-8,12H,3-6,9-11H2,1-2H3,(H,19,21). The van der Waals surface area contributed by atoms with E-state index >= 15 is 0 Å². The summed E-state index contributed by atoms with van der Waals surface area (Å²) in [5.74, 6) is -0.127. The molecule has 1 fully saturated rings. The number of benzene rings is 1. The average Bonchev–Trinajstić information content (AvgIpc) is 2.82. The fourth-order valence-electron chi connectivity index (χ4n) is 2.69. The van der Waals surface area contributed by atoms with Crippen LogP contribution in [0.4, 0.5) is 5.69 Å². The molecule has 0 atom stereocenters. The highest BCUT2D eigenvalue weighted by Gasteiger charge is 2.27. The summed E-state index contributed by atoms with van der Waals surface area (Å²) in [4.78, 5) is 36.2. The van der Waals surface area contributed by atoms with Gasteiger partial charge in [-0.3, -0.25) is 19.3 Å². The molecule has 0 saturated carbocycles. The predicted octanol–water partition coefficient (Wildman–Crippen LogP) is 2.95. The van der Waals surface area contributed by atoms with Gasteiger partial charge in [0.2, 0.25) is 17.7 Å². The van der Waals surface area contributed by atoms with E-state index in [4.69, 9.17) is 0 Å². The van der Waals surface area contributed by atoms with Crippen LogP contribution in [-0.4, -0.2) is 29.2 Å². The maximum absolute atomic E-state index is 12.0. The molecule has 1 aromatic carbocycles. The third-order valence-corrected chi connectivity index (χ3v) is 4.11. The lowest BCUT2D eigenvalue weighted by Gasteiger charge is -2.13. The number of aryl methyl sites for hydroxylation is 2. The molecule has 5 heteroatoms. The smallest absolute Gasteiger partial charge is 0.229 e. The molecule has 0 radical (unpaired) electrons. The first-order chi connectivity index (χ1) is 11.0. The van der Waals surface area contributed by atoms with Gasteiger partial charge in [-0.15, -0.1) is 0 Å². The second-order valence-electron chi connectivity index (χ2n) is 6.12. The molecule has 1 aromatic rings. The van der Waals surface area contributed by atoms with Crippen LogP contribution in [0.5, 0.6) is 0 Å². The van der Waals surface area contributed by atoms with Gasteiger partial charge in [0.25, 0.3) is 0 Å². The number of unbranched alkanes of at least 4 members (excludes halogenated alkanes) is 2. The molecule has 124 valence electrons. The van der Waals surface area contributed by atoms with Crippen LogP contribution in [0, 0.1) is 13.8 Å². The van der Waals surface area contributed by atoms with Crippen LogP contribution < -0.4 is 5.32 Å². The van der Waals surface area contributed by atoms with Crippen LogP contribution in [0.2, 0.25) is 0 Å². The molecule has 1 aliphatic heterocycles. The molecule has 1 aliphatic rings. The van der Waals surface area contributed by atoms with E-state index in [9.17, 15) is 14.4 Å². The van der Waals surface area contributed by atoms with Crippen molar-refractivity contribution in [1.29, 1.82) is 0 Å². The number of nitrogens with zero attached hydrogens (tertiary/aromatic N) is 1. The van der Waals surface area contributed by atoms with Gasteiger partial charge < -0.3 is 5.32 Å². The van der Waals surface area contributed by atoms with E-state index in [1.807, 2.05) is 32.0 Å². The third-order valence-electron chi connectivity index (χ3n) is 4.11. The Hall–Kier alpha value is -2.17. The number of rotatable bonds is 7. The maximum atomic E-state index is 12.0. The SMILES string of the molecule is Cc1ccc(C)c(NC(=O)CCCCCN2C(=O)CCC2=O)c1. The van der Waals surface area contributed by atoms with E-state index in [0.29, 0.717) is 25.8 Å². The minimum absolute atomic E-state index is 0.00650. The van der Waals surface area contributed by atoms with Crippen molar-refractivity contribution in [3.05, 3.63) is 29.3 Å².